The van der Waals surface area contributed by atoms with E-state index in [0.717, 1.165) is 15.6 Å². The van der Waals surface area contributed by atoms with Gasteiger partial charge in [-0.25, -0.2) is 9.97 Å². The molecule has 0 radical (unpaired) electrons. The lowest BCUT2D eigenvalue weighted by Crippen LogP contribution is -2.20. The molecule has 0 aliphatic rings. The van der Waals surface area contributed by atoms with E-state index in [1.807, 2.05) is 25.1 Å². The molecule has 4 N–H and O–H groups in total. The van der Waals surface area contributed by atoms with Gasteiger partial charge in [-0.3, -0.25) is 0 Å². The van der Waals surface area contributed by atoms with E-state index in [1.165, 1.54) is 16.9 Å². The number of rotatable bonds is 10. The van der Waals surface area contributed by atoms with Crippen molar-refractivity contribution >= 4 is 44.4 Å². The number of aliphatic hydroxyl groups is 2. The van der Waals surface area contributed by atoms with Crippen LogP contribution in [0.4, 0.5) is 10.9 Å². The summed E-state index contributed by atoms with van der Waals surface area (Å²) in [7, 11) is 0. The molecule has 27 heavy (non-hydrogen) atoms. The number of nitrogens with zero attached hydrogens (tertiary/aromatic N) is 3. The zero-order valence-electron chi connectivity index (χ0n) is 15.1. The quantitative estimate of drug-likeness (QED) is 0.232. The van der Waals surface area contributed by atoms with Crippen LogP contribution in [-0.4, -0.2) is 51.0 Å². The molecule has 7 nitrogen and oxygen atoms in total. The number of hydrogen-bond donors (Lipinski definition) is 4. The van der Waals surface area contributed by atoms with Crippen LogP contribution in [0.2, 0.25) is 0 Å². The number of thiazole rings is 1. The monoisotopic (exact) mass is 405 g/mol. The smallest absolute Gasteiger partial charge is 0.191 e. The van der Waals surface area contributed by atoms with Crippen molar-refractivity contribution in [2.75, 3.05) is 30.4 Å². The van der Waals surface area contributed by atoms with Gasteiger partial charge in [-0.05, 0) is 18.9 Å². The lowest BCUT2D eigenvalue weighted by atomic mass is 10.2. The third-order valence-corrected chi connectivity index (χ3v) is 5.64. The Kier molecular flexibility index (Phi) is 7.22. The van der Waals surface area contributed by atoms with Gasteiger partial charge in [0.2, 0.25) is 0 Å². The molecule has 1 atom stereocenters. The number of aliphatic hydroxyl groups excluding tert-OH is 2. The number of aromatic nitrogens is 3. The van der Waals surface area contributed by atoms with Crippen LogP contribution in [0.1, 0.15) is 18.9 Å². The minimum absolute atomic E-state index is 0.0123. The van der Waals surface area contributed by atoms with Crippen molar-refractivity contribution in [1.29, 1.82) is 0 Å². The fourth-order valence-corrected chi connectivity index (χ4v) is 4.00. The fraction of sp³-hybridized carbons (Fsp3) is 0.389. The highest BCUT2D eigenvalue weighted by atomic mass is 32.2. The van der Waals surface area contributed by atoms with Crippen LogP contribution in [0.15, 0.2) is 35.5 Å². The first kappa shape index (κ1) is 19.8. The zero-order valence-corrected chi connectivity index (χ0v) is 16.7. The minimum atomic E-state index is -0.122. The van der Waals surface area contributed by atoms with Crippen molar-refractivity contribution in [3.63, 3.8) is 0 Å². The van der Waals surface area contributed by atoms with Crippen LogP contribution >= 0.6 is 23.1 Å². The van der Waals surface area contributed by atoms with E-state index in [0.29, 0.717) is 29.6 Å². The second kappa shape index (κ2) is 9.84. The first-order valence-electron chi connectivity index (χ1n) is 8.77. The predicted molar refractivity (Wildman–Crippen MR) is 112 cm³/mol. The SMILES string of the molecule is CC(CO)Nc1nc(SCc2ccccc2)nc2nc(NCCCO)sc12. The van der Waals surface area contributed by atoms with E-state index < -0.39 is 0 Å². The van der Waals surface area contributed by atoms with E-state index in [2.05, 4.69) is 37.7 Å². The summed E-state index contributed by atoms with van der Waals surface area (Å²) in [6.07, 6.45) is 0.659. The van der Waals surface area contributed by atoms with Gasteiger partial charge in [0.25, 0.3) is 0 Å². The maximum Gasteiger partial charge on any atom is 0.191 e. The summed E-state index contributed by atoms with van der Waals surface area (Å²) >= 11 is 3.02. The Hall–Kier alpha value is -1.94. The van der Waals surface area contributed by atoms with Gasteiger partial charge in [0, 0.05) is 24.9 Å². The lowest BCUT2D eigenvalue weighted by Gasteiger charge is -2.12. The lowest BCUT2D eigenvalue weighted by molar-refractivity contribution is 0.281. The van der Waals surface area contributed by atoms with Gasteiger partial charge in [-0.1, -0.05) is 53.4 Å². The van der Waals surface area contributed by atoms with E-state index in [-0.39, 0.29) is 19.3 Å². The normalized spacial score (nSPS) is 12.3. The number of anilines is 2. The van der Waals surface area contributed by atoms with Crippen molar-refractivity contribution in [1.82, 2.24) is 15.0 Å². The molecule has 3 rings (SSSR count). The minimum Gasteiger partial charge on any atom is -0.396 e. The van der Waals surface area contributed by atoms with Gasteiger partial charge in [0.15, 0.2) is 21.8 Å². The number of fused-ring (bicyclic) bond motifs is 1. The molecule has 1 unspecified atom stereocenters. The van der Waals surface area contributed by atoms with Crippen molar-refractivity contribution in [2.45, 2.75) is 30.3 Å². The Morgan fingerprint density at radius 3 is 2.70 bits per heavy atom. The topological polar surface area (TPSA) is 103 Å². The van der Waals surface area contributed by atoms with Gasteiger partial charge in [0.05, 0.1) is 6.61 Å². The van der Waals surface area contributed by atoms with Crippen molar-refractivity contribution in [3.05, 3.63) is 35.9 Å². The molecule has 144 valence electrons. The molecule has 0 fully saturated rings. The number of hydrogen-bond acceptors (Lipinski definition) is 9. The molecule has 0 bridgehead atoms. The average Bonchev–Trinajstić information content (AvgIpc) is 3.10. The maximum absolute atomic E-state index is 9.38. The van der Waals surface area contributed by atoms with Gasteiger partial charge in [-0.2, -0.15) is 4.98 Å². The van der Waals surface area contributed by atoms with Crippen LogP contribution in [0.5, 0.6) is 0 Å². The highest BCUT2D eigenvalue weighted by Crippen LogP contribution is 2.33. The molecule has 2 heterocycles. The molecular formula is C18H23N5O2S2. The molecule has 1 aromatic carbocycles. The third kappa shape index (κ3) is 5.52. The Morgan fingerprint density at radius 2 is 1.96 bits per heavy atom. The molecule has 0 aliphatic heterocycles. The summed E-state index contributed by atoms with van der Waals surface area (Å²) in [6, 6.07) is 10.1. The van der Waals surface area contributed by atoms with E-state index >= 15 is 0 Å². The number of thioether (sulfide) groups is 1. The Labute approximate surface area is 166 Å². The highest BCUT2D eigenvalue weighted by Gasteiger charge is 2.15. The second-order valence-corrected chi connectivity index (χ2v) is 7.97. The molecular weight excluding hydrogens is 382 g/mol. The molecule has 0 saturated heterocycles. The van der Waals surface area contributed by atoms with E-state index in [9.17, 15) is 5.11 Å². The average molecular weight is 406 g/mol. The molecule has 2 aromatic heterocycles. The molecule has 0 saturated carbocycles. The van der Waals surface area contributed by atoms with E-state index in [4.69, 9.17) is 5.11 Å². The summed E-state index contributed by atoms with van der Waals surface area (Å²) < 4.78 is 0.853. The van der Waals surface area contributed by atoms with Crippen LogP contribution in [0.25, 0.3) is 10.3 Å². The third-order valence-electron chi connectivity index (χ3n) is 3.71. The Bertz CT molecular complexity index is 860. The second-order valence-electron chi connectivity index (χ2n) is 6.03. The first-order valence-corrected chi connectivity index (χ1v) is 10.6. The van der Waals surface area contributed by atoms with Crippen molar-refractivity contribution in [2.24, 2.45) is 0 Å². The molecule has 0 aliphatic carbocycles. The summed E-state index contributed by atoms with van der Waals surface area (Å²) in [5.74, 6) is 1.46. The van der Waals surface area contributed by atoms with Gasteiger partial charge < -0.3 is 20.8 Å². The van der Waals surface area contributed by atoms with Crippen LogP contribution < -0.4 is 10.6 Å². The maximum atomic E-state index is 9.38. The summed E-state index contributed by atoms with van der Waals surface area (Å²) in [5, 5.41) is 26.1. The largest absolute Gasteiger partial charge is 0.396 e. The predicted octanol–water partition coefficient (Wildman–Crippen LogP) is 2.97. The van der Waals surface area contributed by atoms with Crippen LogP contribution in [-0.2, 0) is 5.75 Å². The van der Waals surface area contributed by atoms with Gasteiger partial charge in [-0.15, -0.1) is 0 Å². The van der Waals surface area contributed by atoms with Gasteiger partial charge >= 0.3 is 0 Å². The fourth-order valence-electron chi connectivity index (χ4n) is 2.32. The van der Waals surface area contributed by atoms with Crippen LogP contribution in [0.3, 0.4) is 0 Å². The summed E-state index contributed by atoms with van der Waals surface area (Å²) in [5.41, 5.74) is 1.83. The van der Waals surface area contributed by atoms with Crippen molar-refractivity contribution in [3.8, 4) is 0 Å². The molecule has 0 spiro atoms. The van der Waals surface area contributed by atoms with Crippen LogP contribution in [0, 0.1) is 0 Å². The number of benzene rings is 1. The molecule has 3 aromatic rings. The first-order chi connectivity index (χ1) is 13.2. The summed E-state index contributed by atoms with van der Waals surface area (Å²) in [6.45, 7) is 2.69. The zero-order chi connectivity index (χ0) is 19.1. The van der Waals surface area contributed by atoms with E-state index in [1.54, 1.807) is 11.8 Å². The Balaban J connectivity index is 1.84. The molecule has 9 heteroatoms. The standard InChI is InChI=1S/C18H23N5O2S2/c1-12(10-25)20-15-14-16(21-17(27-14)19-8-5-9-24)23-18(22-15)26-11-13-6-3-2-4-7-13/h2-4,6-7,12,24-25H,5,8-11H2,1H3,(H2,19,20,21,22,23). The molecule has 0 amide bonds. The Morgan fingerprint density at radius 1 is 1.15 bits per heavy atom. The van der Waals surface area contributed by atoms with Crippen molar-refractivity contribution < 1.29 is 10.2 Å². The summed E-state index contributed by atoms with van der Waals surface area (Å²) in [4.78, 5) is 13.8. The highest BCUT2D eigenvalue weighted by molar-refractivity contribution is 7.98. The number of nitrogens with one attached hydrogen (secondary N) is 2. The van der Waals surface area contributed by atoms with Gasteiger partial charge in [0.1, 0.15) is 4.70 Å².